The number of methoxy groups -OCH3 is 1. The Morgan fingerprint density at radius 1 is 1.25 bits per heavy atom. The van der Waals surface area contributed by atoms with Gasteiger partial charge in [-0.2, -0.15) is 0 Å². The lowest BCUT2D eigenvalue weighted by Gasteiger charge is -2.36. The lowest BCUT2D eigenvalue weighted by molar-refractivity contribution is -0.110. The van der Waals surface area contributed by atoms with Crippen LogP contribution in [0.1, 0.15) is 32.1 Å². The molecule has 0 radical (unpaired) electrons. The van der Waals surface area contributed by atoms with E-state index in [2.05, 4.69) is 12.2 Å². The zero-order valence-corrected chi connectivity index (χ0v) is 11.9. The Morgan fingerprint density at radius 3 is 3.00 bits per heavy atom. The second-order valence-corrected chi connectivity index (χ2v) is 6.33. The highest BCUT2D eigenvalue weighted by Gasteiger charge is 2.37. The molecule has 0 aliphatic heterocycles. The van der Waals surface area contributed by atoms with Gasteiger partial charge in [0.25, 0.3) is 0 Å². The topological polar surface area (TPSA) is 26.3 Å². The summed E-state index contributed by atoms with van der Waals surface area (Å²) in [7, 11) is 1.81. The average Bonchev–Trinajstić information content (AvgIpc) is 2.89. The van der Waals surface area contributed by atoms with Crippen LogP contribution in [0, 0.1) is 11.8 Å². The van der Waals surface area contributed by atoms with Crippen LogP contribution in [0.3, 0.4) is 0 Å². The molecule has 0 amide bonds. The first-order valence-electron chi connectivity index (χ1n) is 7.65. The van der Waals surface area contributed by atoms with Gasteiger partial charge >= 0.3 is 0 Å². The number of carbonyl (C=O) groups is 1. The van der Waals surface area contributed by atoms with Gasteiger partial charge in [0.05, 0.1) is 6.10 Å². The first-order chi connectivity index (χ1) is 9.76. The average molecular weight is 268 g/mol. The number of hydrogen-bond donors (Lipinski definition) is 0. The Morgan fingerprint density at radius 2 is 2.15 bits per heavy atom. The third-order valence-corrected chi connectivity index (χ3v) is 5.34. The highest BCUT2D eigenvalue weighted by molar-refractivity contribution is 6.01. The second kappa shape index (κ2) is 4.56. The predicted molar refractivity (Wildman–Crippen MR) is 78.2 cm³/mol. The van der Waals surface area contributed by atoms with Crippen molar-refractivity contribution in [3.63, 3.8) is 0 Å². The molecule has 4 aliphatic carbocycles. The maximum absolute atomic E-state index is 11.5. The lowest BCUT2D eigenvalue weighted by atomic mass is 9.68. The maximum Gasteiger partial charge on any atom is 0.178 e. The summed E-state index contributed by atoms with van der Waals surface area (Å²) in [6, 6.07) is 0. The minimum Gasteiger partial charge on any atom is -0.377 e. The van der Waals surface area contributed by atoms with Crippen LogP contribution in [-0.2, 0) is 9.53 Å². The quantitative estimate of drug-likeness (QED) is 0.727. The minimum absolute atomic E-state index is 0.161. The molecular formula is C18H20O2. The van der Waals surface area contributed by atoms with Gasteiger partial charge in [-0.25, -0.2) is 0 Å². The van der Waals surface area contributed by atoms with Gasteiger partial charge < -0.3 is 4.74 Å². The Balaban J connectivity index is 1.74. The van der Waals surface area contributed by atoms with Crippen molar-refractivity contribution in [3.05, 3.63) is 46.6 Å². The van der Waals surface area contributed by atoms with Crippen LogP contribution in [0.15, 0.2) is 46.6 Å². The number of fused-ring (bicyclic) bond motifs is 4. The summed E-state index contributed by atoms with van der Waals surface area (Å²) >= 11 is 0. The van der Waals surface area contributed by atoms with E-state index >= 15 is 0 Å². The van der Waals surface area contributed by atoms with E-state index in [1.54, 1.807) is 22.8 Å². The van der Waals surface area contributed by atoms with Gasteiger partial charge in [-0.15, -0.1) is 0 Å². The molecule has 0 spiro atoms. The monoisotopic (exact) mass is 268 g/mol. The number of allylic oxidation sites excluding steroid dienone is 7. The third-order valence-electron chi connectivity index (χ3n) is 5.34. The number of rotatable bonds is 1. The Labute approximate surface area is 119 Å². The van der Waals surface area contributed by atoms with Crippen molar-refractivity contribution >= 4 is 5.78 Å². The molecule has 0 fully saturated rings. The van der Waals surface area contributed by atoms with Crippen molar-refractivity contribution in [2.24, 2.45) is 11.8 Å². The van der Waals surface area contributed by atoms with Gasteiger partial charge in [0.2, 0.25) is 0 Å². The van der Waals surface area contributed by atoms with E-state index < -0.39 is 0 Å². The van der Waals surface area contributed by atoms with Crippen LogP contribution >= 0.6 is 0 Å². The van der Waals surface area contributed by atoms with E-state index in [9.17, 15) is 4.79 Å². The van der Waals surface area contributed by atoms with Crippen LogP contribution < -0.4 is 0 Å². The van der Waals surface area contributed by atoms with E-state index in [-0.39, 0.29) is 5.78 Å². The Bertz CT molecular complexity index is 589. The maximum atomic E-state index is 11.5. The van der Waals surface area contributed by atoms with Crippen LogP contribution in [0.4, 0.5) is 0 Å². The van der Waals surface area contributed by atoms with Crippen LogP contribution in [0.25, 0.3) is 0 Å². The molecule has 2 heteroatoms. The van der Waals surface area contributed by atoms with Crippen LogP contribution in [0.5, 0.6) is 0 Å². The van der Waals surface area contributed by atoms with E-state index in [1.165, 1.54) is 18.4 Å². The molecule has 0 saturated heterocycles. The van der Waals surface area contributed by atoms with E-state index in [0.29, 0.717) is 17.9 Å². The number of ether oxygens (including phenoxy) is 1. The molecule has 104 valence electrons. The van der Waals surface area contributed by atoms with Crippen LogP contribution in [0.2, 0.25) is 0 Å². The van der Waals surface area contributed by atoms with E-state index in [1.807, 2.05) is 13.2 Å². The number of hydrogen-bond acceptors (Lipinski definition) is 2. The fraction of sp³-hybridized carbons (Fsp3) is 0.500. The summed E-state index contributed by atoms with van der Waals surface area (Å²) < 4.78 is 5.53. The summed E-state index contributed by atoms with van der Waals surface area (Å²) in [6.07, 6.45) is 14.1. The van der Waals surface area contributed by atoms with Gasteiger partial charge in [-0.1, -0.05) is 23.3 Å². The van der Waals surface area contributed by atoms with Crippen molar-refractivity contribution in [3.8, 4) is 0 Å². The van der Waals surface area contributed by atoms with Gasteiger partial charge in [-0.3, -0.25) is 4.79 Å². The third kappa shape index (κ3) is 1.78. The summed E-state index contributed by atoms with van der Waals surface area (Å²) in [6.45, 7) is 0. The molecule has 0 aromatic carbocycles. The molecule has 0 aromatic heterocycles. The molecule has 0 bridgehead atoms. The van der Waals surface area contributed by atoms with Crippen molar-refractivity contribution in [1.82, 2.24) is 0 Å². The summed E-state index contributed by atoms with van der Waals surface area (Å²) in [5, 5.41) is 0. The number of carbonyl (C=O) groups excluding carboxylic acids is 1. The summed E-state index contributed by atoms with van der Waals surface area (Å²) in [5.74, 6) is 1.27. The highest BCUT2D eigenvalue weighted by Crippen LogP contribution is 2.50. The Kier molecular flexibility index (Phi) is 2.81. The van der Waals surface area contributed by atoms with Gasteiger partial charge in [0.15, 0.2) is 5.78 Å². The molecule has 0 aromatic rings. The molecule has 4 rings (SSSR count). The number of ketones is 1. The standard InChI is InChI=1S/C18H20O2/c1-20-14-9-12-3-5-16-15-7-4-13(19)8-11(15)2-6-17(16)18(12)10-14/h4,7-8,10,12,14-15H,2-3,5-6,9H2,1H3/t12?,14-,15?/m1/s1. The largest absolute Gasteiger partial charge is 0.377 e. The molecule has 0 heterocycles. The van der Waals surface area contributed by atoms with Crippen molar-refractivity contribution in [1.29, 1.82) is 0 Å². The first kappa shape index (κ1) is 12.3. The van der Waals surface area contributed by atoms with Gasteiger partial charge in [0.1, 0.15) is 0 Å². The van der Waals surface area contributed by atoms with E-state index in [4.69, 9.17) is 4.74 Å². The molecule has 0 N–H and O–H groups in total. The molecular weight excluding hydrogens is 248 g/mol. The molecule has 2 nitrogen and oxygen atoms in total. The first-order valence-corrected chi connectivity index (χ1v) is 7.65. The molecule has 20 heavy (non-hydrogen) atoms. The van der Waals surface area contributed by atoms with Crippen molar-refractivity contribution < 1.29 is 9.53 Å². The normalized spacial score (nSPS) is 35.2. The SMILES string of the molecule is CO[C@H]1C=C2C3=C(CCC2C1)C1C=CC(=O)C=C1CC3. The van der Waals surface area contributed by atoms with Gasteiger partial charge in [-0.05, 0) is 61.3 Å². The smallest absolute Gasteiger partial charge is 0.178 e. The molecule has 4 aliphatic rings. The zero-order valence-electron chi connectivity index (χ0n) is 11.9. The fourth-order valence-corrected chi connectivity index (χ4v) is 4.38. The second-order valence-electron chi connectivity index (χ2n) is 6.33. The predicted octanol–water partition coefficient (Wildman–Crippen LogP) is 3.51. The molecule has 3 atom stereocenters. The summed E-state index contributed by atoms with van der Waals surface area (Å²) in [4.78, 5) is 11.5. The van der Waals surface area contributed by atoms with Crippen molar-refractivity contribution in [2.75, 3.05) is 7.11 Å². The summed E-state index contributed by atoms with van der Waals surface area (Å²) in [5.41, 5.74) is 6.05. The van der Waals surface area contributed by atoms with Crippen molar-refractivity contribution in [2.45, 2.75) is 38.2 Å². The molecule has 0 saturated carbocycles. The highest BCUT2D eigenvalue weighted by atomic mass is 16.5. The van der Waals surface area contributed by atoms with Crippen LogP contribution in [-0.4, -0.2) is 19.0 Å². The zero-order chi connectivity index (χ0) is 13.7. The Hall–Kier alpha value is -1.41. The molecule has 2 unspecified atom stereocenters. The fourth-order valence-electron chi connectivity index (χ4n) is 4.38. The van der Waals surface area contributed by atoms with Gasteiger partial charge in [0, 0.05) is 13.0 Å². The minimum atomic E-state index is 0.161. The van der Waals surface area contributed by atoms with E-state index in [0.717, 1.165) is 19.3 Å². The lowest BCUT2D eigenvalue weighted by Crippen LogP contribution is -2.23.